The molecule has 1 fully saturated rings. The maximum atomic E-state index is 6.00. The second-order valence-electron chi connectivity index (χ2n) is 4.93. The summed E-state index contributed by atoms with van der Waals surface area (Å²) in [5, 5.41) is 4.34. The lowest BCUT2D eigenvalue weighted by molar-refractivity contribution is 0.160. The highest BCUT2D eigenvalue weighted by atomic mass is 79.9. The van der Waals surface area contributed by atoms with Crippen molar-refractivity contribution < 1.29 is 4.42 Å². The fraction of sp³-hybridized carbons (Fsp3) is 0.429. The average molecular weight is 341 g/mol. The van der Waals surface area contributed by atoms with Gasteiger partial charge in [0.25, 0.3) is 0 Å². The standard InChI is InChI=1S/C14H17BrN2OS/c15-14-4-3-13(18-14)12(7-16)17(11-1-2-11)8-10-5-6-19-9-10/h3-6,9,11-12H,1-2,7-8,16H2. The minimum atomic E-state index is 0.165. The summed E-state index contributed by atoms with van der Waals surface area (Å²) in [6.45, 7) is 1.54. The lowest BCUT2D eigenvalue weighted by Crippen LogP contribution is -2.34. The largest absolute Gasteiger partial charge is 0.453 e. The molecule has 2 N–H and O–H groups in total. The van der Waals surface area contributed by atoms with Crippen LogP contribution in [-0.2, 0) is 6.54 Å². The number of furan rings is 1. The molecule has 0 amide bonds. The molecule has 3 rings (SSSR count). The molecule has 0 saturated heterocycles. The highest BCUT2D eigenvalue weighted by Gasteiger charge is 2.35. The molecule has 1 aliphatic rings. The minimum absolute atomic E-state index is 0.165. The van der Waals surface area contributed by atoms with Gasteiger partial charge in [0.2, 0.25) is 0 Å². The van der Waals surface area contributed by atoms with Gasteiger partial charge < -0.3 is 10.2 Å². The van der Waals surface area contributed by atoms with Crippen molar-refractivity contribution in [3.63, 3.8) is 0 Å². The van der Waals surface area contributed by atoms with E-state index in [1.54, 1.807) is 11.3 Å². The topological polar surface area (TPSA) is 42.4 Å². The van der Waals surface area contributed by atoms with Gasteiger partial charge in [-0.05, 0) is 63.3 Å². The Morgan fingerprint density at radius 1 is 1.42 bits per heavy atom. The molecule has 0 aliphatic heterocycles. The molecule has 1 unspecified atom stereocenters. The van der Waals surface area contributed by atoms with Gasteiger partial charge in [-0.1, -0.05) is 0 Å². The van der Waals surface area contributed by atoms with E-state index in [9.17, 15) is 0 Å². The van der Waals surface area contributed by atoms with Crippen molar-refractivity contribution in [2.45, 2.75) is 31.5 Å². The van der Waals surface area contributed by atoms with E-state index in [0.717, 1.165) is 17.0 Å². The van der Waals surface area contributed by atoms with Gasteiger partial charge in [-0.15, -0.1) is 0 Å². The SMILES string of the molecule is NCC(c1ccc(Br)o1)N(Cc1ccsc1)C1CC1. The summed E-state index contributed by atoms with van der Waals surface area (Å²) in [7, 11) is 0. The number of hydrogen-bond acceptors (Lipinski definition) is 4. The van der Waals surface area contributed by atoms with Crippen molar-refractivity contribution in [2.24, 2.45) is 5.73 Å². The van der Waals surface area contributed by atoms with Crippen LogP contribution in [0.15, 0.2) is 38.0 Å². The van der Waals surface area contributed by atoms with Gasteiger partial charge in [-0.25, -0.2) is 0 Å². The first-order chi connectivity index (χ1) is 9.28. The van der Waals surface area contributed by atoms with Crippen molar-refractivity contribution >= 4 is 27.3 Å². The lowest BCUT2D eigenvalue weighted by atomic mass is 10.1. The normalized spacial score (nSPS) is 17.0. The van der Waals surface area contributed by atoms with Crippen LogP contribution in [0.5, 0.6) is 0 Å². The van der Waals surface area contributed by atoms with Crippen LogP contribution in [0.25, 0.3) is 0 Å². The molecule has 0 bridgehead atoms. The molecule has 0 aromatic carbocycles. The first-order valence-electron chi connectivity index (χ1n) is 6.50. The molecule has 0 spiro atoms. The monoisotopic (exact) mass is 340 g/mol. The number of nitrogens with two attached hydrogens (primary N) is 1. The molecular weight excluding hydrogens is 324 g/mol. The van der Waals surface area contributed by atoms with Gasteiger partial charge in [0.15, 0.2) is 4.67 Å². The van der Waals surface area contributed by atoms with Crippen molar-refractivity contribution in [3.8, 4) is 0 Å². The van der Waals surface area contributed by atoms with Gasteiger partial charge in [0.05, 0.1) is 6.04 Å². The minimum Gasteiger partial charge on any atom is -0.453 e. The summed E-state index contributed by atoms with van der Waals surface area (Å²) in [6, 6.07) is 6.96. The predicted molar refractivity (Wildman–Crippen MR) is 81.1 cm³/mol. The third kappa shape index (κ3) is 3.11. The number of thiophene rings is 1. The summed E-state index contributed by atoms with van der Waals surface area (Å²) < 4.78 is 6.48. The van der Waals surface area contributed by atoms with E-state index in [1.807, 2.05) is 12.1 Å². The van der Waals surface area contributed by atoms with Crippen LogP contribution >= 0.6 is 27.3 Å². The predicted octanol–water partition coefficient (Wildman–Crippen LogP) is 3.77. The second-order valence-corrected chi connectivity index (χ2v) is 6.49. The van der Waals surface area contributed by atoms with Crippen LogP contribution in [0.2, 0.25) is 0 Å². The number of hydrogen-bond donors (Lipinski definition) is 1. The molecule has 3 nitrogen and oxygen atoms in total. The molecule has 1 saturated carbocycles. The molecule has 1 aliphatic carbocycles. The third-order valence-corrected chi connectivity index (χ3v) is 4.67. The molecule has 19 heavy (non-hydrogen) atoms. The Labute approximate surface area is 125 Å². The third-order valence-electron chi connectivity index (χ3n) is 3.51. The average Bonchev–Trinajstić information content (AvgIpc) is 2.95. The summed E-state index contributed by atoms with van der Waals surface area (Å²) in [5.41, 5.74) is 7.36. The van der Waals surface area contributed by atoms with Gasteiger partial charge >= 0.3 is 0 Å². The van der Waals surface area contributed by atoms with E-state index >= 15 is 0 Å². The van der Waals surface area contributed by atoms with Crippen LogP contribution in [0.3, 0.4) is 0 Å². The molecule has 102 valence electrons. The Hall–Kier alpha value is -0.620. The zero-order chi connectivity index (χ0) is 13.2. The Morgan fingerprint density at radius 3 is 2.79 bits per heavy atom. The summed E-state index contributed by atoms with van der Waals surface area (Å²) in [5.74, 6) is 0.955. The maximum absolute atomic E-state index is 6.00. The summed E-state index contributed by atoms with van der Waals surface area (Å²) >= 11 is 5.11. The summed E-state index contributed by atoms with van der Waals surface area (Å²) in [4.78, 5) is 2.48. The zero-order valence-corrected chi connectivity index (χ0v) is 13.0. The highest BCUT2D eigenvalue weighted by molar-refractivity contribution is 9.10. The van der Waals surface area contributed by atoms with E-state index in [-0.39, 0.29) is 6.04 Å². The highest BCUT2D eigenvalue weighted by Crippen LogP contribution is 2.36. The van der Waals surface area contributed by atoms with E-state index < -0.39 is 0 Å². The second kappa shape index (κ2) is 5.79. The molecule has 2 heterocycles. The fourth-order valence-electron chi connectivity index (χ4n) is 2.42. The Bertz CT molecular complexity index is 521. The molecular formula is C14H17BrN2OS. The van der Waals surface area contributed by atoms with Gasteiger partial charge in [0, 0.05) is 19.1 Å². The Balaban J connectivity index is 1.81. The number of rotatable bonds is 6. The van der Waals surface area contributed by atoms with Crippen LogP contribution in [-0.4, -0.2) is 17.5 Å². The van der Waals surface area contributed by atoms with Gasteiger partial charge in [0.1, 0.15) is 5.76 Å². The van der Waals surface area contributed by atoms with Crippen molar-refractivity contribution in [1.29, 1.82) is 0 Å². The lowest BCUT2D eigenvalue weighted by Gasteiger charge is -2.29. The molecule has 2 aromatic rings. The zero-order valence-electron chi connectivity index (χ0n) is 10.6. The molecule has 5 heteroatoms. The van der Waals surface area contributed by atoms with E-state index in [0.29, 0.717) is 12.6 Å². The van der Waals surface area contributed by atoms with Crippen LogP contribution < -0.4 is 5.73 Å². The fourth-order valence-corrected chi connectivity index (χ4v) is 3.39. The van der Waals surface area contributed by atoms with Gasteiger partial charge in [-0.3, -0.25) is 4.90 Å². The molecule has 2 aromatic heterocycles. The quantitative estimate of drug-likeness (QED) is 0.870. The molecule has 1 atom stereocenters. The van der Waals surface area contributed by atoms with Crippen molar-refractivity contribution in [3.05, 3.63) is 45.0 Å². The Morgan fingerprint density at radius 2 is 2.26 bits per heavy atom. The summed E-state index contributed by atoms with van der Waals surface area (Å²) in [6.07, 6.45) is 2.53. The first kappa shape index (κ1) is 13.4. The van der Waals surface area contributed by atoms with Crippen molar-refractivity contribution in [2.75, 3.05) is 6.54 Å². The van der Waals surface area contributed by atoms with Crippen LogP contribution in [0, 0.1) is 0 Å². The Kier molecular flexibility index (Phi) is 4.07. The van der Waals surface area contributed by atoms with E-state index in [2.05, 4.69) is 37.7 Å². The molecule has 0 radical (unpaired) electrons. The number of nitrogens with zero attached hydrogens (tertiary/aromatic N) is 1. The smallest absolute Gasteiger partial charge is 0.169 e. The maximum Gasteiger partial charge on any atom is 0.169 e. The van der Waals surface area contributed by atoms with Crippen LogP contribution in [0.4, 0.5) is 0 Å². The number of halogens is 1. The first-order valence-corrected chi connectivity index (χ1v) is 8.23. The van der Waals surface area contributed by atoms with Crippen LogP contribution in [0.1, 0.15) is 30.2 Å². The van der Waals surface area contributed by atoms with Gasteiger partial charge in [-0.2, -0.15) is 11.3 Å². The van der Waals surface area contributed by atoms with Crippen molar-refractivity contribution in [1.82, 2.24) is 4.90 Å². The van der Waals surface area contributed by atoms with E-state index in [1.165, 1.54) is 18.4 Å². The van der Waals surface area contributed by atoms with E-state index in [4.69, 9.17) is 10.2 Å².